The maximum Gasteiger partial charge on any atom is 0.227 e. The number of fused-ring (bicyclic) bond motifs is 1. The zero-order valence-corrected chi connectivity index (χ0v) is 15.5. The number of hydrogen-bond acceptors (Lipinski definition) is 7. The van der Waals surface area contributed by atoms with Crippen molar-refractivity contribution in [1.29, 1.82) is 0 Å². The van der Waals surface area contributed by atoms with Crippen molar-refractivity contribution in [2.45, 2.75) is 38.6 Å². The standard InChI is InChI=1S/C18H27N7O/c1-22(2)11-14-10-15-12-24(8-9-25(15)21-14)18-19-6-5-17(20-18)23-7-3-4-16(26)13-23/h5-6,10,16,26H,3-4,7-9,11-13H2,1-2H3/t16-/m0/s1. The van der Waals surface area contributed by atoms with Crippen molar-refractivity contribution in [3.8, 4) is 0 Å². The average molecular weight is 357 g/mol. The van der Waals surface area contributed by atoms with Crippen LogP contribution in [-0.4, -0.2) is 69.6 Å². The maximum atomic E-state index is 9.92. The van der Waals surface area contributed by atoms with Crippen molar-refractivity contribution in [3.05, 3.63) is 29.7 Å². The maximum absolute atomic E-state index is 9.92. The van der Waals surface area contributed by atoms with E-state index in [-0.39, 0.29) is 6.10 Å². The van der Waals surface area contributed by atoms with Crippen LogP contribution in [0.4, 0.5) is 11.8 Å². The van der Waals surface area contributed by atoms with Gasteiger partial charge in [0.25, 0.3) is 0 Å². The van der Waals surface area contributed by atoms with Gasteiger partial charge in [-0.25, -0.2) is 4.98 Å². The van der Waals surface area contributed by atoms with Crippen molar-refractivity contribution in [2.24, 2.45) is 0 Å². The van der Waals surface area contributed by atoms with E-state index in [2.05, 4.69) is 49.6 Å². The van der Waals surface area contributed by atoms with E-state index in [0.29, 0.717) is 6.54 Å². The molecule has 2 aliphatic rings. The Morgan fingerprint density at radius 2 is 2.12 bits per heavy atom. The lowest BCUT2D eigenvalue weighted by Gasteiger charge is -2.32. The molecule has 1 atom stereocenters. The molecule has 1 saturated heterocycles. The molecule has 2 aliphatic heterocycles. The molecule has 26 heavy (non-hydrogen) atoms. The number of aliphatic hydroxyl groups excluding tert-OH is 1. The number of aliphatic hydroxyl groups is 1. The van der Waals surface area contributed by atoms with Gasteiger partial charge in [-0.1, -0.05) is 0 Å². The first-order valence-electron chi connectivity index (χ1n) is 9.30. The third kappa shape index (κ3) is 3.66. The molecule has 0 unspecified atom stereocenters. The molecule has 0 amide bonds. The summed E-state index contributed by atoms with van der Waals surface area (Å²) in [6.45, 7) is 4.90. The summed E-state index contributed by atoms with van der Waals surface area (Å²) in [6, 6.07) is 4.11. The van der Waals surface area contributed by atoms with Gasteiger partial charge in [-0.15, -0.1) is 0 Å². The van der Waals surface area contributed by atoms with Crippen LogP contribution in [0.2, 0.25) is 0 Å². The van der Waals surface area contributed by atoms with Crippen LogP contribution in [0.15, 0.2) is 18.3 Å². The summed E-state index contributed by atoms with van der Waals surface area (Å²) in [6.07, 6.45) is 3.43. The molecule has 0 aromatic carbocycles. The Hall–Kier alpha value is -2.19. The smallest absolute Gasteiger partial charge is 0.227 e. The number of aromatic nitrogens is 4. The fourth-order valence-corrected chi connectivity index (χ4v) is 3.73. The van der Waals surface area contributed by atoms with Gasteiger partial charge >= 0.3 is 0 Å². The third-order valence-electron chi connectivity index (χ3n) is 4.96. The predicted octanol–water partition coefficient (Wildman–Crippen LogP) is 0.716. The van der Waals surface area contributed by atoms with E-state index in [1.807, 2.05) is 12.3 Å². The van der Waals surface area contributed by atoms with E-state index >= 15 is 0 Å². The normalized spacial score (nSPS) is 20.5. The van der Waals surface area contributed by atoms with Crippen LogP contribution >= 0.6 is 0 Å². The summed E-state index contributed by atoms with van der Waals surface area (Å²) in [5.74, 6) is 1.66. The second kappa shape index (κ2) is 7.20. The minimum absolute atomic E-state index is 0.262. The van der Waals surface area contributed by atoms with Gasteiger partial charge in [0.15, 0.2) is 0 Å². The molecule has 0 bridgehead atoms. The predicted molar refractivity (Wildman–Crippen MR) is 100 cm³/mol. The second-order valence-corrected chi connectivity index (χ2v) is 7.47. The molecule has 4 rings (SSSR count). The highest BCUT2D eigenvalue weighted by Crippen LogP contribution is 2.22. The van der Waals surface area contributed by atoms with E-state index < -0.39 is 0 Å². The fourth-order valence-electron chi connectivity index (χ4n) is 3.73. The Bertz CT molecular complexity index is 760. The van der Waals surface area contributed by atoms with Crippen LogP contribution in [-0.2, 0) is 19.6 Å². The third-order valence-corrected chi connectivity index (χ3v) is 4.96. The summed E-state index contributed by atoms with van der Waals surface area (Å²) in [5.41, 5.74) is 2.30. The lowest BCUT2D eigenvalue weighted by atomic mass is 10.1. The van der Waals surface area contributed by atoms with Gasteiger partial charge in [0, 0.05) is 32.4 Å². The fraction of sp³-hybridized carbons (Fsp3) is 0.611. The highest BCUT2D eigenvalue weighted by molar-refractivity contribution is 5.45. The van der Waals surface area contributed by atoms with E-state index in [9.17, 15) is 5.11 Å². The van der Waals surface area contributed by atoms with E-state index in [1.165, 1.54) is 5.69 Å². The van der Waals surface area contributed by atoms with Crippen molar-refractivity contribution in [2.75, 3.05) is 43.5 Å². The van der Waals surface area contributed by atoms with Gasteiger partial charge < -0.3 is 19.8 Å². The number of β-amino-alcohol motifs (C(OH)–C–C–N with tert-alkyl or cyclic N) is 1. The van der Waals surface area contributed by atoms with Gasteiger partial charge in [0.05, 0.1) is 30.6 Å². The molecule has 0 aliphatic carbocycles. The molecule has 1 fully saturated rings. The lowest BCUT2D eigenvalue weighted by molar-refractivity contribution is 0.154. The van der Waals surface area contributed by atoms with E-state index in [1.54, 1.807) is 0 Å². The molecule has 1 N–H and O–H groups in total. The Morgan fingerprint density at radius 3 is 2.92 bits per heavy atom. The van der Waals surface area contributed by atoms with E-state index in [0.717, 1.165) is 63.0 Å². The van der Waals surface area contributed by atoms with E-state index in [4.69, 9.17) is 4.98 Å². The lowest BCUT2D eigenvalue weighted by Crippen LogP contribution is -2.39. The number of piperidine rings is 1. The van der Waals surface area contributed by atoms with Crippen molar-refractivity contribution < 1.29 is 5.11 Å². The summed E-state index contributed by atoms with van der Waals surface area (Å²) in [5, 5.41) is 14.6. The topological polar surface area (TPSA) is 73.6 Å². The molecule has 2 aromatic rings. The Labute approximate surface area is 154 Å². The van der Waals surface area contributed by atoms with Gasteiger partial charge in [-0.05, 0) is 39.1 Å². The first-order chi connectivity index (χ1) is 12.6. The van der Waals surface area contributed by atoms with Crippen molar-refractivity contribution in [3.63, 3.8) is 0 Å². The minimum atomic E-state index is -0.262. The van der Waals surface area contributed by atoms with Crippen LogP contribution in [0, 0.1) is 0 Å². The summed E-state index contributed by atoms with van der Waals surface area (Å²) in [7, 11) is 4.11. The first-order valence-corrected chi connectivity index (χ1v) is 9.30. The molecule has 140 valence electrons. The zero-order valence-electron chi connectivity index (χ0n) is 15.5. The van der Waals surface area contributed by atoms with Crippen LogP contribution in [0.1, 0.15) is 24.2 Å². The number of rotatable bonds is 4. The Balaban J connectivity index is 1.50. The van der Waals surface area contributed by atoms with Crippen molar-refractivity contribution in [1.82, 2.24) is 24.6 Å². The largest absolute Gasteiger partial charge is 0.391 e. The Morgan fingerprint density at radius 1 is 1.23 bits per heavy atom. The van der Waals surface area contributed by atoms with Crippen LogP contribution in [0.5, 0.6) is 0 Å². The van der Waals surface area contributed by atoms with Gasteiger partial charge in [-0.3, -0.25) is 4.68 Å². The number of hydrogen-bond donors (Lipinski definition) is 1. The van der Waals surface area contributed by atoms with Crippen molar-refractivity contribution >= 4 is 11.8 Å². The quantitative estimate of drug-likeness (QED) is 0.864. The SMILES string of the molecule is CN(C)Cc1cc2n(n1)CCN(c1nccc(N3CCC[C@H](O)C3)n1)C2. The molecule has 0 spiro atoms. The van der Waals surface area contributed by atoms with Gasteiger partial charge in [0.1, 0.15) is 5.82 Å². The van der Waals surface area contributed by atoms with Crippen LogP contribution in [0.3, 0.4) is 0 Å². The zero-order chi connectivity index (χ0) is 18.1. The second-order valence-electron chi connectivity index (χ2n) is 7.47. The first kappa shape index (κ1) is 17.2. The monoisotopic (exact) mass is 357 g/mol. The number of anilines is 2. The average Bonchev–Trinajstić information content (AvgIpc) is 3.02. The molecule has 0 saturated carbocycles. The van der Waals surface area contributed by atoms with Gasteiger partial charge in [-0.2, -0.15) is 10.1 Å². The molecular formula is C18H27N7O. The molecule has 2 aromatic heterocycles. The highest BCUT2D eigenvalue weighted by Gasteiger charge is 2.23. The number of nitrogens with zero attached hydrogens (tertiary/aromatic N) is 7. The summed E-state index contributed by atoms with van der Waals surface area (Å²) < 4.78 is 2.10. The highest BCUT2D eigenvalue weighted by atomic mass is 16.3. The molecule has 0 radical (unpaired) electrons. The molecule has 4 heterocycles. The molecule has 8 heteroatoms. The minimum Gasteiger partial charge on any atom is -0.391 e. The van der Waals surface area contributed by atoms with Crippen LogP contribution in [0.25, 0.3) is 0 Å². The Kier molecular flexibility index (Phi) is 4.78. The van der Waals surface area contributed by atoms with Crippen LogP contribution < -0.4 is 9.80 Å². The molecular weight excluding hydrogens is 330 g/mol. The summed E-state index contributed by atoms with van der Waals surface area (Å²) in [4.78, 5) is 15.8. The molecule has 8 nitrogen and oxygen atoms in total. The summed E-state index contributed by atoms with van der Waals surface area (Å²) >= 11 is 0. The van der Waals surface area contributed by atoms with Gasteiger partial charge in [0.2, 0.25) is 5.95 Å².